The van der Waals surface area contributed by atoms with Gasteiger partial charge in [0.1, 0.15) is 4.88 Å². The zero-order chi connectivity index (χ0) is 13.1. The molecule has 0 bridgehead atoms. The van der Waals surface area contributed by atoms with Crippen LogP contribution in [0.3, 0.4) is 0 Å². The Hall–Kier alpha value is -1.88. The van der Waals surface area contributed by atoms with Gasteiger partial charge in [-0.1, -0.05) is 17.7 Å². The average Bonchev–Trinajstić information content (AvgIpc) is 2.78. The van der Waals surface area contributed by atoms with E-state index >= 15 is 0 Å². The van der Waals surface area contributed by atoms with E-state index < -0.39 is 11.9 Å². The molecule has 0 aliphatic rings. The number of thiophene rings is 1. The summed E-state index contributed by atoms with van der Waals surface area (Å²) in [6, 6.07) is 7.73. The predicted octanol–water partition coefficient (Wildman–Crippen LogP) is 2.54. The van der Waals surface area contributed by atoms with Gasteiger partial charge in [0.25, 0.3) is 0 Å². The third-order valence-corrected chi connectivity index (χ3v) is 3.52. The van der Waals surface area contributed by atoms with E-state index in [0.29, 0.717) is 4.88 Å². The van der Waals surface area contributed by atoms with E-state index in [4.69, 9.17) is 4.74 Å². The predicted molar refractivity (Wildman–Crippen MR) is 68.9 cm³/mol. The largest absolute Gasteiger partial charge is 0.466 e. The molecule has 0 N–H and O–H groups in total. The number of esters is 2. The van der Waals surface area contributed by atoms with Gasteiger partial charge in [-0.2, -0.15) is 0 Å². The van der Waals surface area contributed by atoms with Crippen LogP contribution in [0.2, 0.25) is 0 Å². The Morgan fingerprint density at radius 1 is 1.28 bits per heavy atom. The van der Waals surface area contributed by atoms with Crippen molar-refractivity contribution in [3.8, 4) is 0 Å². The summed E-state index contributed by atoms with van der Waals surface area (Å²) in [5.74, 6) is -1.07. The highest BCUT2D eigenvalue weighted by atomic mass is 32.1. The van der Waals surface area contributed by atoms with Gasteiger partial charge in [-0.3, -0.25) is 0 Å². The molecule has 18 heavy (non-hydrogen) atoms. The molecule has 0 aliphatic carbocycles. The Bertz CT molecular complexity index is 600. The minimum Gasteiger partial charge on any atom is -0.466 e. The zero-order valence-electron chi connectivity index (χ0n) is 10.1. The molecule has 4 nitrogen and oxygen atoms in total. The number of aryl methyl sites for hydroxylation is 1. The molecule has 0 unspecified atom stereocenters. The van der Waals surface area contributed by atoms with Crippen molar-refractivity contribution in [1.82, 2.24) is 0 Å². The molecule has 0 saturated heterocycles. The normalized spacial score (nSPS) is 10.3. The van der Waals surface area contributed by atoms with Gasteiger partial charge in [0, 0.05) is 4.70 Å². The van der Waals surface area contributed by atoms with E-state index in [1.165, 1.54) is 18.4 Å². The van der Waals surface area contributed by atoms with Crippen molar-refractivity contribution in [2.45, 2.75) is 6.92 Å². The molecule has 0 spiro atoms. The highest BCUT2D eigenvalue weighted by Crippen LogP contribution is 2.26. The van der Waals surface area contributed by atoms with Gasteiger partial charge in [0.05, 0.1) is 7.11 Å². The molecule has 1 aromatic heterocycles. The number of ether oxygens (including phenoxy) is 2. The van der Waals surface area contributed by atoms with Crippen LogP contribution in [0.25, 0.3) is 10.1 Å². The van der Waals surface area contributed by atoms with Crippen LogP contribution in [-0.2, 0) is 14.3 Å². The number of benzene rings is 1. The Morgan fingerprint density at radius 3 is 2.78 bits per heavy atom. The monoisotopic (exact) mass is 264 g/mol. The summed E-state index contributed by atoms with van der Waals surface area (Å²) in [5, 5.41) is 1.00. The van der Waals surface area contributed by atoms with Crippen LogP contribution in [0.5, 0.6) is 0 Å². The molecule has 0 fully saturated rings. The molecule has 1 heterocycles. The maximum Gasteiger partial charge on any atom is 0.348 e. The fourth-order valence-corrected chi connectivity index (χ4v) is 2.45. The van der Waals surface area contributed by atoms with Gasteiger partial charge >= 0.3 is 11.9 Å². The average molecular weight is 264 g/mol. The Labute approximate surface area is 108 Å². The van der Waals surface area contributed by atoms with E-state index in [-0.39, 0.29) is 6.61 Å². The second-order valence-corrected chi connectivity index (χ2v) is 4.89. The summed E-state index contributed by atoms with van der Waals surface area (Å²) in [4.78, 5) is 23.1. The number of hydrogen-bond donors (Lipinski definition) is 0. The number of fused-ring (bicyclic) bond motifs is 1. The Balaban J connectivity index is 2.15. The second-order valence-electron chi connectivity index (χ2n) is 3.80. The van der Waals surface area contributed by atoms with Crippen LogP contribution in [0.15, 0.2) is 24.3 Å². The molecule has 0 aliphatic heterocycles. The number of carbonyl (C=O) groups is 2. The quantitative estimate of drug-likeness (QED) is 0.799. The fraction of sp³-hybridized carbons (Fsp3) is 0.231. The topological polar surface area (TPSA) is 52.6 Å². The maximum atomic E-state index is 11.7. The van der Waals surface area contributed by atoms with Crippen molar-refractivity contribution in [3.05, 3.63) is 34.7 Å². The minimum absolute atomic E-state index is 0.359. The van der Waals surface area contributed by atoms with Crippen LogP contribution in [0.4, 0.5) is 0 Å². The maximum absolute atomic E-state index is 11.7. The second kappa shape index (κ2) is 5.18. The first-order valence-corrected chi connectivity index (χ1v) is 6.16. The molecule has 5 heteroatoms. The summed E-state index contributed by atoms with van der Waals surface area (Å²) in [6.07, 6.45) is 0. The molecular weight excluding hydrogens is 252 g/mol. The van der Waals surface area contributed by atoms with E-state index in [9.17, 15) is 9.59 Å². The van der Waals surface area contributed by atoms with Crippen LogP contribution in [0, 0.1) is 6.92 Å². The van der Waals surface area contributed by atoms with Crippen LogP contribution >= 0.6 is 11.3 Å². The van der Waals surface area contributed by atoms with Gasteiger partial charge in [-0.25, -0.2) is 9.59 Å². The zero-order valence-corrected chi connectivity index (χ0v) is 10.9. The lowest BCUT2D eigenvalue weighted by molar-refractivity contribution is -0.144. The lowest BCUT2D eigenvalue weighted by Gasteiger charge is -2.00. The summed E-state index contributed by atoms with van der Waals surface area (Å²) in [7, 11) is 1.25. The minimum atomic E-state index is -0.569. The summed E-state index contributed by atoms with van der Waals surface area (Å²) in [6.45, 7) is 1.63. The van der Waals surface area contributed by atoms with Gasteiger partial charge < -0.3 is 9.47 Å². The number of rotatable bonds is 3. The molecule has 0 saturated carbocycles. The Morgan fingerprint density at radius 2 is 2.06 bits per heavy atom. The van der Waals surface area contributed by atoms with Gasteiger partial charge in [0.15, 0.2) is 6.61 Å². The SMILES string of the molecule is COC(=O)COC(=O)c1cc2cc(C)ccc2s1. The smallest absolute Gasteiger partial charge is 0.348 e. The number of methoxy groups -OCH3 is 1. The standard InChI is InChI=1S/C13H12O4S/c1-8-3-4-10-9(5-8)6-11(18-10)13(15)17-7-12(14)16-2/h3-6H,7H2,1-2H3. The molecule has 0 atom stereocenters. The Kier molecular flexibility index (Phi) is 3.62. The number of carbonyl (C=O) groups excluding carboxylic acids is 2. The number of hydrogen-bond acceptors (Lipinski definition) is 5. The molecule has 0 radical (unpaired) electrons. The third kappa shape index (κ3) is 2.68. The van der Waals surface area contributed by atoms with Crippen molar-refractivity contribution >= 4 is 33.4 Å². The summed E-state index contributed by atoms with van der Waals surface area (Å²) < 4.78 is 10.3. The molecule has 1 aromatic carbocycles. The van der Waals surface area contributed by atoms with Crippen molar-refractivity contribution in [1.29, 1.82) is 0 Å². The molecule has 0 amide bonds. The highest BCUT2D eigenvalue weighted by Gasteiger charge is 2.13. The highest BCUT2D eigenvalue weighted by molar-refractivity contribution is 7.20. The van der Waals surface area contributed by atoms with Crippen molar-refractivity contribution in [2.24, 2.45) is 0 Å². The van der Waals surface area contributed by atoms with Gasteiger partial charge in [-0.05, 0) is 24.4 Å². The van der Waals surface area contributed by atoms with Crippen molar-refractivity contribution in [2.75, 3.05) is 13.7 Å². The van der Waals surface area contributed by atoms with Gasteiger partial charge in [0.2, 0.25) is 0 Å². The van der Waals surface area contributed by atoms with E-state index in [1.54, 1.807) is 6.07 Å². The molecular formula is C13H12O4S. The first kappa shape index (κ1) is 12.6. The van der Waals surface area contributed by atoms with Crippen LogP contribution in [-0.4, -0.2) is 25.7 Å². The van der Waals surface area contributed by atoms with E-state index in [1.807, 2.05) is 25.1 Å². The lowest BCUT2D eigenvalue weighted by Crippen LogP contribution is -2.14. The summed E-state index contributed by atoms with van der Waals surface area (Å²) in [5.41, 5.74) is 1.13. The van der Waals surface area contributed by atoms with E-state index in [2.05, 4.69) is 4.74 Å². The van der Waals surface area contributed by atoms with E-state index in [0.717, 1.165) is 15.6 Å². The first-order chi connectivity index (χ1) is 8.60. The van der Waals surface area contributed by atoms with Crippen molar-refractivity contribution in [3.63, 3.8) is 0 Å². The third-order valence-electron chi connectivity index (χ3n) is 2.42. The molecule has 2 rings (SSSR count). The fourth-order valence-electron chi connectivity index (χ4n) is 1.52. The van der Waals surface area contributed by atoms with Crippen LogP contribution in [0.1, 0.15) is 15.2 Å². The molecule has 2 aromatic rings. The first-order valence-electron chi connectivity index (χ1n) is 5.34. The summed E-state index contributed by atoms with van der Waals surface area (Å²) >= 11 is 1.35. The molecule has 94 valence electrons. The van der Waals surface area contributed by atoms with Crippen LogP contribution < -0.4 is 0 Å². The van der Waals surface area contributed by atoms with Crippen molar-refractivity contribution < 1.29 is 19.1 Å². The van der Waals surface area contributed by atoms with Gasteiger partial charge in [-0.15, -0.1) is 11.3 Å². The lowest BCUT2D eigenvalue weighted by atomic mass is 10.2.